The predicted octanol–water partition coefficient (Wildman–Crippen LogP) is 3.25. The van der Waals surface area contributed by atoms with Gasteiger partial charge in [0.25, 0.3) is 10.0 Å². The summed E-state index contributed by atoms with van der Waals surface area (Å²) >= 11 is 1.22. The molecule has 1 N–H and O–H groups in total. The molecular formula is C20H26N2O4S2. The molecule has 0 spiro atoms. The van der Waals surface area contributed by atoms with Crippen molar-refractivity contribution >= 4 is 27.3 Å². The molecule has 0 atom stereocenters. The van der Waals surface area contributed by atoms with Crippen LogP contribution in [0.3, 0.4) is 0 Å². The summed E-state index contributed by atoms with van der Waals surface area (Å²) in [5.74, 6) is 0.637. The van der Waals surface area contributed by atoms with E-state index in [2.05, 4.69) is 5.32 Å². The molecule has 1 aromatic carbocycles. The number of sulfonamides is 1. The fourth-order valence-corrected chi connectivity index (χ4v) is 5.80. The van der Waals surface area contributed by atoms with Crippen LogP contribution >= 0.6 is 11.3 Å². The highest BCUT2D eigenvalue weighted by Crippen LogP contribution is 2.26. The van der Waals surface area contributed by atoms with Gasteiger partial charge < -0.3 is 10.1 Å². The largest absolute Gasteiger partial charge is 0.491 e. The summed E-state index contributed by atoms with van der Waals surface area (Å²) in [6.07, 6.45) is 1.20. The Morgan fingerprint density at radius 3 is 2.46 bits per heavy atom. The zero-order valence-electron chi connectivity index (χ0n) is 16.1. The number of nitrogens with zero attached hydrogens (tertiary/aromatic N) is 1. The Bertz CT molecular complexity index is 869. The van der Waals surface area contributed by atoms with Crippen LogP contribution in [0, 0.1) is 5.92 Å². The van der Waals surface area contributed by atoms with Crippen molar-refractivity contribution in [3.8, 4) is 5.75 Å². The van der Waals surface area contributed by atoms with Crippen molar-refractivity contribution in [1.82, 2.24) is 9.62 Å². The molecule has 1 aliphatic heterocycles. The van der Waals surface area contributed by atoms with Crippen molar-refractivity contribution in [3.63, 3.8) is 0 Å². The van der Waals surface area contributed by atoms with Crippen LogP contribution in [0.1, 0.15) is 32.3 Å². The number of rotatable bonds is 7. The zero-order chi connectivity index (χ0) is 20.1. The van der Waals surface area contributed by atoms with E-state index >= 15 is 0 Å². The van der Waals surface area contributed by atoms with Crippen molar-refractivity contribution in [2.45, 2.75) is 43.5 Å². The molecule has 2 heterocycles. The van der Waals surface area contributed by atoms with E-state index in [9.17, 15) is 13.2 Å². The van der Waals surface area contributed by atoms with Gasteiger partial charge in [0.05, 0.1) is 6.10 Å². The molecule has 1 saturated heterocycles. The first-order chi connectivity index (χ1) is 13.4. The standard InChI is InChI=1S/C20H26N2O4S2/c1-15(2)26-18-7-5-16(6-8-18)14-21-20(23)17-9-11-22(12-10-17)28(24,25)19-4-3-13-27-19/h3-8,13,15,17H,9-12,14H2,1-2H3,(H,21,23). The van der Waals surface area contributed by atoms with Gasteiger partial charge in [-0.05, 0) is 55.8 Å². The van der Waals surface area contributed by atoms with E-state index in [1.54, 1.807) is 17.5 Å². The highest BCUT2D eigenvalue weighted by atomic mass is 32.2. The lowest BCUT2D eigenvalue weighted by Gasteiger charge is -2.30. The van der Waals surface area contributed by atoms with Crippen molar-refractivity contribution in [3.05, 3.63) is 47.3 Å². The Morgan fingerprint density at radius 1 is 1.21 bits per heavy atom. The van der Waals surface area contributed by atoms with Gasteiger partial charge in [-0.25, -0.2) is 8.42 Å². The van der Waals surface area contributed by atoms with Crippen molar-refractivity contribution in [1.29, 1.82) is 0 Å². The Balaban J connectivity index is 1.48. The first-order valence-corrected chi connectivity index (χ1v) is 11.7. The lowest BCUT2D eigenvalue weighted by molar-refractivity contribution is -0.126. The molecule has 0 radical (unpaired) electrons. The van der Waals surface area contributed by atoms with Crippen LogP contribution in [0.2, 0.25) is 0 Å². The van der Waals surface area contributed by atoms with E-state index < -0.39 is 10.0 Å². The molecule has 152 valence electrons. The number of ether oxygens (including phenoxy) is 1. The van der Waals surface area contributed by atoms with E-state index in [1.165, 1.54) is 15.6 Å². The van der Waals surface area contributed by atoms with Gasteiger partial charge in [0.15, 0.2) is 0 Å². The topological polar surface area (TPSA) is 75.7 Å². The molecular weight excluding hydrogens is 396 g/mol. The van der Waals surface area contributed by atoms with E-state index in [1.807, 2.05) is 38.1 Å². The van der Waals surface area contributed by atoms with Gasteiger partial charge >= 0.3 is 0 Å². The summed E-state index contributed by atoms with van der Waals surface area (Å²) < 4.78 is 32.6. The van der Waals surface area contributed by atoms with Crippen molar-refractivity contribution < 1.29 is 17.9 Å². The molecule has 1 amide bonds. The van der Waals surface area contributed by atoms with Gasteiger partial charge in [0.2, 0.25) is 5.91 Å². The molecule has 2 aromatic rings. The molecule has 0 saturated carbocycles. The summed E-state index contributed by atoms with van der Waals surface area (Å²) in [6.45, 7) is 5.16. The van der Waals surface area contributed by atoms with Crippen LogP contribution in [0.5, 0.6) is 5.75 Å². The van der Waals surface area contributed by atoms with Crippen LogP contribution < -0.4 is 10.1 Å². The molecule has 1 aliphatic rings. The predicted molar refractivity (Wildman–Crippen MR) is 110 cm³/mol. The monoisotopic (exact) mass is 422 g/mol. The van der Waals surface area contributed by atoms with Gasteiger partial charge in [-0.1, -0.05) is 18.2 Å². The van der Waals surface area contributed by atoms with E-state index in [4.69, 9.17) is 4.74 Å². The van der Waals surface area contributed by atoms with Crippen LogP contribution in [0.4, 0.5) is 0 Å². The van der Waals surface area contributed by atoms with Crippen LogP contribution in [-0.2, 0) is 21.4 Å². The number of carbonyl (C=O) groups excluding carboxylic acids is 1. The smallest absolute Gasteiger partial charge is 0.252 e. The van der Waals surface area contributed by atoms with Crippen LogP contribution in [0.15, 0.2) is 46.0 Å². The second-order valence-electron chi connectivity index (χ2n) is 7.14. The number of benzene rings is 1. The normalized spacial score (nSPS) is 16.2. The number of piperidine rings is 1. The second-order valence-corrected chi connectivity index (χ2v) is 10.3. The van der Waals surface area contributed by atoms with E-state index in [0.717, 1.165) is 11.3 Å². The number of carbonyl (C=O) groups is 1. The zero-order valence-corrected chi connectivity index (χ0v) is 17.8. The van der Waals surface area contributed by atoms with Gasteiger partial charge in [-0.3, -0.25) is 4.79 Å². The Labute approximate surface area is 170 Å². The second kappa shape index (κ2) is 9.07. The minimum atomic E-state index is -3.43. The van der Waals surface area contributed by atoms with Gasteiger partial charge in [-0.2, -0.15) is 4.31 Å². The molecule has 0 aliphatic carbocycles. The molecule has 1 aromatic heterocycles. The van der Waals surface area contributed by atoms with Crippen molar-refractivity contribution in [2.75, 3.05) is 13.1 Å². The summed E-state index contributed by atoms with van der Waals surface area (Å²) in [5.41, 5.74) is 1.00. The third kappa shape index (κ3) is 5.12. The molecule has 1 fully saturated rings. The molecule has 8 heteroatoms. The molecule has 3 rings (SSSR count). The van der Waals surface area contributed by atoms with E-state index in [-0.39, 0.29) is 17.9 Å². The van der Waals surface area contributed by atoms with Gasteiger partial charge in [-0.15, -0.1) is 11.3 Å². The fourth-order valence-electron chi connectivity index (χ4n) is 3.19. The molecule has 0 unspecified atom stereocenters. The number of nitrogens with one attached hydrogen (secondary N) is 1. The van der Waals surface area contributed by atoms with Gasteiger partial charge in [0, 0.05) is 25.6 Å². The third-order valence-corrected chi connectivity index (χ3v) is 7.95. The summed E-state index contributed by atoms with van der Waals surface area (Å²) in [7, 11) is -3.43. The average Bonchev–Trinajstić information content (AvgIpc) is 3.22. The fraction of sp³-hybridized carbons (Fsp3) is 0.450. The summed E-state index contributed by atoms with van der Waals surface area (Å²) in [4.78, 5) is 12.5. The van der Waals surface area contributed by atoms with Crippen LogP contribution in [0.25, 0.3) is 0 Å². The summed E-state index contributed by atoms with van der Waals surface area (Å²) in [6, 6.07) is 11.0. The molecule has 0 bridgehead atoms. The Kier molecular flexibility index (Phi) is 6.74. The number of hydrogen-bond donors (Lipinski definition) is 1. The molecule has 28 heavy (non-hydrogen) atoms. The lowest BCUT2D eigenvalue weighted by atomic mass is 9.97. The highest BCUT2D eigenvalue weighted by Gasteiger charge is 2.32. The SMILES string of the molecule is CC(C)Oc1ccc(CNC(=O)C2CCN(S(=O)(=O)c3cccs3)CC2)cc1. The number of amides is 1. The quantitative estimate of drug-likeness (QED) is 0.743. The minimum absolute atomic E-state index is 0.0179. The summed E-state index contributed by atoms with van der Waals surface area (Å²) in [5, 5.41) is 4.72. The first kappa shape index (κ1) is 20.8. The first-order valence-electron chi connectivity index (χ1n) is 9.43. The lowest BCUT2D eigenvalue weighted by Crippen LogP contribution is -2.42. The Morgan fingerprint density at radius 2 is 1.89 bits per heavy atom. The van der Waals surface area contributed by atoms with Gasteiger partial charge in [0.1, 0.15) is 9.96 Å². The minimum Gasteiger partial charge on any atom is -0.491 e. The van der Waals surface area contributed by atoms with Crippen LogP contribution in [-0.4, -0.2) is 37.8 Å². The number of hydrogen-bond acceptors (Lipinski definition) is 5. The maximum Gasteiger partial charge on any atom is 0.252 e. The third-order valence-electron chi connectivity index (χ3n) is 4.68. The van der Waals surface area contributed by atoms with Crippen molar-refractivity contribution in [2.24, 2.45) is 5.92 Å². The highest BCUT2D eigenvalue weighted by molar-refractivity contribution is 7.91. The maximum absolute atomic E-state index is 12.6. The number of thiophene rings is 1. The molecule has 6 nitrogen and oxygen atoms in total. The maximum atomic E-state index is 12.6. The van der Waals surface area contributed by atoms with E-state index in [0.29, 0.717) is 36.7 Å². The average molecular weight is 423 g/mol. The Hall–Kier alpha value is -1.90.